The second kappa shape index (κ2) is 13.6. The van der Waals surface area contributed by atoms with Crippen molar-refractivity contribution in [2.75, 3.05) is 44.2 Å². The van der Waals surface area contributed by atoms with Gasteiger partial charge in [0.25, 0.3) is 10.0 Å². The van der Waals surface area contributed by atoms with Crippen LogP contribution in [0.2, 0.25) is 0 Å². The molecule has 10 nitrogen and oxygen atoms in total. The van der Waals surface area contributed by atoms with E-state index in [-0.39, 0.29) is 22.1 Å². The maximum absolute atomic E-state index is 13.9. The van der Waals surface area contributed by atoms with Gasteiger partial charge in [-0.3, -0.25) is 9.10 Å². The molecule has 226 valence electrons. The van der Waals surface area contributed by atoms with Crippen LogP contribution in [0.15, 0.2) is 76.5 Å². The van der Waals surface area contributed by atoms with E-state index >= 15 is 0 Å². The number of sulfonamides is 2. The summed E-state index contributed by atoms with van der Waals surface area (Å²) in [5.74, 6) is 0.259. The van der Waals surface area contributed by atoms with Gasteiger partial charge in [0, 0.05) is 19.6 Å². The van der Waals surface area contributed by atoms with Crippen LogP contribution in [0.5, 0.6) is 11.5 Å². The molecule has 12 heteroatoms. The number of carbonyl (C=O) groups is 1. The van der Waals surface area contributed by atoms with Gasteiger partial charge in [-0.1, -0.05) is 18.2 Å². The lowest BCUT2D eigenvalue weighted by Crippen LogP contribution is -2.41. The van der Waals surface area contributed by atoms with E-state index in [2.05, 4.69) is 5.32 Å². The van der Waals surface area contributed by atoms with Crippen LogP contribution in [0.3, 0.4) is 0 Å². The SMILES string of the molecule is CCOc1ccc(N(CC(=O)NCCc2ccc(S(=O)(=O)N3CCCC3)cc2)S(=O)(=O)c2cc(C)ccc2OC)cc1. The second-order valence-electron chi connectivity index (χ2n) is 9.95. The van der Waals surface area contributed by atoms with Crippen LogP contribution in [0.4, 0.5) is 5.69 Å². The molecule has 0 bridgehead atoms. The van der Waals surface area contributed by atoms with Crippen molar-refractivity contribution in [3.63, 3.8) is 0 Å². The van der Waals surface area contributed by atoms with Gasteiger partial charge >= 0.3 is 0 Å². The number of rotatable bonds is 13. The first kappa shape index (κ1) is 31.3. The zero-order chi connectivity index (χ0) is 30.3. The molecule has 1 amide bonds. The summed E-state index contributed by atoms with van der Waals surface area (Å²) in [4.78, 5) is 13.3. The standard InChI is InChI=1S/C30H37N3O7S2/c1-4-40-26-12-10-25(11-13-26)33(42(37,38)29-21-23(2)7-16-28(29)39-3)22-30(34)31-18-17-24-8-14-27(15-9-24)41(35,36)32-19-5-6-20-32/h7-16,21H,4-6,17-20,22H2,1-3H3,(H,31,34). The number of carbonyl (C=O) groups excluding carboxylic acids is 1. The Balaban J connectivity index is 1.47. The molecule has 0 spiro atoms. The first-order chi connectivity index (χ1) is 20.1. The van der Waals surface area contributed by atoms with E-state index in [1.807, 2.05) is 6.92 Å². The molecule has 1 N–H and O–H groups in total. The van der Waals surface area contributed by atoms with Gasteiger partial charge in [-0.05, 0) is 92.8 Å². The molecule has 0 radical (unpaired) electrons. The molecule has 0 aromatic heterocycles. The Labute approximate surface area is 248 Å². The minimum Gasteiger partial charge on any atom is -0.495 e. The second-order valence-corrected chi connectivity index (χ2v) is 13.7. The number of nitrogens with zero attached hydrogens (tertiary/aromatic N) is 2. The summed E-state index contributed by atoms with van der Waals surface area (Å²) in [5.41, 5.74) is 1.87. The summed E-state index contributed by atoms with van der Waals surface area (Å²) in [5, 5.41) is 2.79. The number of ether oxygens (including phenoxy) is 2. The molecule has 0 aliphatic carbocycles. The summed E-state index contributed by atoms with van der Waals surface area (Å²) in [6.45, 7) is 4.95. The fraction of sp³-hybridized carbons (Fsp3) is 0.367. The Morgan fingerprint density at radius 3 is 2.24 bits per heavy atom. The highest BCUT2D eigenvalue weighted by atomic mass is 32.2. The van der Waals surface area contributed by atoms with Crippen molar-refractivity contribution >= 4 is 31.6 Å². The summed E-state index contributed by atoms with van der Waals surface area (Å²) >= 11 is 0. The summed E-state index contributed by atoms with van der Waals surface area (Å²) < 4.78 is 66.7. The number of amides is 1. The van der Waals surface area contributed by atoms with E-state index in [4.69, 9.17) is 9.47 Å². The van der Waals surface area contributed by atoms with Gasteiger partial charge in [0.2, 0.25) is 15.9 Å². The number of hydrogen-bond acceptors (Lipinski definition) is 7. The normalized spacial score (nSPS) is 14.0. The first-order valence-corrected chi connectivity index (χ1v) is 16.7. The fourth-order valence-electron chi connectivity index (χ4n) is 4.73. The highest BCUT2D eigenvalue weighted by Crippen LogP contribution is 2.31. The van der Waals surface area contributed by atoms with Crippen molar-refractivity contribution in [2.45, 2.75) is 42.9 Å². The molecular weight excluding hydrogens is 578 g/mol. The minimum atomic E-state index is -4.20. The first-order valence-electron chi connectivity index (χ1n) is 13.8. The van der Waals surface area contributed by atoms with Crippen LogP contribution in [-0.4, -0.2) is 66.9 Å². The molecule has 1 aliphatic heterocycles. The van der Waals surface area contributed by atoms with Gasteiger partial charge in [-0.15, -0.1) is 0 Å². The molecule has 1 fully saturated rings. The molecule has 0 saturated carbocycles. The summed E-state index contributed by atoms with van der Waals surface area (Å²) in [6.07, 6.45) is 2.18. The Hall–Kier alpha value is -3.61. The lowest BCUT2D eigenvalue weighted by atomic mass is 10.1. The zero-order valence-electron chi connectivity index (χ0n) is 24.1. The van der Waals surface area contributed by atoms with Crippen LogP contribution in [0, 0.1) is 6.92 Å². The maximum atomic E-state index is 13.9. The van der Waals surface area contributed by atoms with Gasteiger partial charge in [0.1, 0.15) is 22.9 Å². The van der Waals surface area contributed by atoms with Crippen LogP contribution in [-0.2, 0) is 31.3 Å². The molecule has 1 aliphatic rings. The number of anilines is 1. The largest absolute Gasteiger partial charge is 0.495 e. The molecule has 3 aromatic rings. The molecular formula is C30H37N3O7S2. The fourth-order valence-corrected chi connectivity index (χ4v) is 7.91. The van der Waals surface area contributed by atoms with E-state index < -0.39 is 32.5 Å². The molecule has 1 saturated heterocycles. The maximum Gasteiger partial charge on any atom is 0.268 e. The average molecular weight is 616 g/mol. The molecule has 0 unspecified atom stereocenters. The Morgan fingerprint density at radius 1 is 0.952 bits per heavy atom. The molecule has 0 atom stereocenters. The van der Waals surface area contributed by atoms with Crippen LogP contribution < -0.4 is 19.1 Å². The topological polar surface area (TPSA) is 122 Å². The van der Waals surface area contributed by atoms with Crippen LogP contribution in [0.25, 0.3) is 0 Å². The Morgan fingerprint density at radius 2 is 1.62 bits per heavy atom. The predicted molar refractivity (Wildman–Crippen MR) is 161 cm³/mol. The van der Waals surface area contributed by atoms with E-state index in [1.54, 1.807) is 67.6 Å². The van der Waals surface area contributed by atoms with Crippen molar-refractivity contribution < 1.29 is 31.1 Å². The Kier molecular flexibility index (Phi) is 10.1. The zero-order valence-corrected chi connectivity index (χ0v) is 25.7. The van der Waals surface area contributed by atoms with Crippen molar-refractivity contribution in [1.82, 2.24) is 9.62 Å². The molecule has 1 heterocycles. The third kappa shape index (κ3) is 7.23. The van der Waals surface area contributed by atoms with E-state index in [0.717, 1.165) is 28.3 Å². The number of aryl methyl sites for hydroxylation is 1. The summed E-state index contributed by atoms with van der Waals surface area (Å²) in [6, 6.07) is 18.0. The molecule has 4 rings (SSSR count). The number of nitrogens with one attached hydrogen (secondary N) is 1. The molecule has 3 aromatic carbocycles. The van der Waals surface area contributed by atoms with Crippen LogP contribution >= 0.6 is 0 Å². The van der Waals surface area contributed by atoms with E-state index in [9.17, 15) is 21.6 Å². The van der Waals surface area contributed by atoms with Crippen molar-refractivity contribution in [3.8, 4) is 11.5 Å². The van der Waals surface area contributed by atoms with Crippen molar-refractivity contribution in [3.05, 3.63) is 77.9 Å². The molecule has 42 heavy (non-hydrogen) atoms. The van der Waals surface area contributed by atoms with Gasteiger partial charge in [0.15, 0.2) is 0 Å². The smallest absolute Gasteiger partial charge is 0.268 e. The lowest BCUT2D eigenvalue weighted by molar-refractivity contribution is -0.119. The van der Waals surface area contributed by atoms with Crippen LogP contribution in [0.1, 0.15) is 30.9 Å². The van der Waals surface area contributed by atoms with E-state index in [0.29, 0.717) is 37.6 Å². The highest BCUT2D eigenvalue weighted by molar-refractivity contribution is 7.93. The third-order valence-electron chi connectivity index (χ3n) is 6.97. The minimum absolute atomic E-state index is 0.0457. The number of benzene rings is 3. The quantitative estimate of drug-likeness (QED) is 0.311. The number of hydrogen-bond donors (Lipinski definition) is 1. The monoisotopic (exact) mass is 615 g/mol. The summed E-state index contributed by atoms with van der Waals surface area (Å²) in [7, 11) is -6.30. The predicted octanol–water partition coefficient (Wildman–Crippen LogP) is 3.74. The lowest BCUT2D eigenvalue weighted by Gasteiger charge is -2.25. The van der Waals surface area contributed by atoms with Crippen molar-refractivity contribution in [2.24, 2.45) is 0 Å². The third-order valence-corrected chi connectivity index (χ3v) is 10.7. The number of methoxy groups -OCH3 is 1. The van der Waals surface area contributed by atoms with Gasteiger partial charge in [-0.2, -0.15) is 4.31 Å². The van der Waals surface area contributed by atoms with Gasteiger partial charge in [0.05, 0.1) is 24.3 Å². The van der Waals surface area contributed by atoms with Gasteiger partial charge < -0.3 is 14.8 Å². The highest BCUT2D eigenvalue weighted by Gasteiger charge is 2.30. The van der Waals surface area contributed by atoms with Gasteiger partial charge in [-0.25, -0.2) is 16.8 Å². The van der Waals surface area contributed by atoms with E-state index in [1.165, 1.54) is 17.5 Å². The van der Waals surface area contributed by atoms with Crippen molar-refractivity contribution in [1.29, 1.82) is 0 Å². The Bertz CT molecular complexity index is 1580. The average Bonchev–Trinajstić information content (AvgIpc) is 3.53.